The van der Waals surface area contributed by atoms with Gasteiger partial charge in [-0.25, -0.2) is 4.98 Å². The number of rotatable bonds is 6. The minimum atomic E-state index is -0.278. The molecule has 0 fully saturated rings. The first kappa shape index (κ1) is 18.8. The molecule has 3 rings (SSSR count). The van der Waals surface area contributed by atoms with Crippen molar-refractivity contribution in [2.75, 3.05) is 52.4 Å². The van der Waals surface area contributed by atoms with Crippen LogP contribution >= 0.6 is 22.9 Å². The largest absolute Gasteiger partial charge is 0.494 e. The standard InChI is InChI=1S/C17H20ClN3O4S/c1-20(2)6-7-21(16(22)13-10-24-8-9-25-13)17-19-14-12(23-3)5-4-11(18)15(14)26-17/h4-5,10H,6-9H2,1-3H3/p+1. The fourth-order valence-electron chi connectivity index (χ4n) is 2.45. The van der Waals surface area contributed by atoms with Gasteiger partial charge in [0.15, 0.2) is 5.13 Å². The third kappa shape index (κ3) is 3.87. The van der Waals surface area contributed by atoms with E-state index in [1.807, 2.05) is 14.1 Å². The molecule has 0 aliphatic carbocycles. The number of ether oxygens (including phenoxy) is 3. The molecule has 1 aromatic carbocycles. The molecule has 1 aliphatic heterocycles. The number of likely N-dealkylation sites (N-methyl/N-ethyl adjacent to an activating group) is 1. The molecule has 2 heterocycles. The van der Waals surface area contributed by atoms with Gasteiger partial charge in [-0.05, 0) is 12.1 Å². The summed E-state index contributed by atoms with van der Waals surface area (Å²) in [4.78, 5) is 20.4. The second-order valence-corrected chi connectivity index (χ2v) is 7.42. The zero-order chi connectivity index (χ0) is 18.7. The average molecular weight is 399 g/mol. The molecule has 0 saturated heterocycles. The number of amides is 1. The lowest BCUT2D eigenvalue weighted by molar-refractivity contribution is -0.856. The van der Waals surface area contributed by atoms with Crippen LogP contribution in [0.5, 0.6) is 5.75 Å². The van der Waals surface area contributed by atoms with E-state index in [4.69, 9.17) is 25.8 Å². The minimum Gasteiger partial charge on any atom is -0.494 e. The highest BCUT2D eigenvalue weighted by atomic mass is 35.5. The summed E-state index contributed by atoms with van der Waals surface area (Å²) < 4.78 is 16.8. The number of fused-ring (bicyclic) bond motifs is 1. The molecule has 1 amide bonds. The second kappa shape index (κ2) is 8.11. The Labute approximate surface area is 160 Å². The third-order valence-corrected chi connectivity index (χ3v) is 5.38. The monoisotopic (exact) mass is 398 g/mol. The molecule has 1 aliphatic rings. The summed E-state index contributed by atoms with van der Waals surface area (Å²) in [6, 6.07) is 3.53. The number of methoxy groups -OCH3 is 1. The molecule has 0 unspecified atom stereocenters. The smallest absolute Gasteiger partial charge is 0.298 e. The van der Waals surface area contributed by atoms with E-state index in [1.165, 1.54) is 22.5 Å². The maximum Gasteiger partial charge on any atom is 0.298 e. The quantitative estimate of drug-likeness (QED) is 0.795. The van der Waals surface area contributed by atoms with Crippen LogP contribution in [-0.4, -0.2) is 58.4 Å². The summed E-state index contributed by atoms with van der Waals surface area (Å²) in [6.07, 6.45) is 1.36. The maximum atomic E-state index is 13.0. The zero-order valence-corrected chi connectivity index (χ0v) is 16.4. The van der Waals surface area contributed by atoms with Gasteiger partial charge in [-0.3, -0.25) is 9.69 Å². The van der Waals surface area contributed by atoms with Crippen molar-refractivity contribution in [3.63, 3.8) is 0 Å². The van der Waals surface area contributed by atoms with E-state index in [9.17, 15) is 4.79 Å². The fraction of sp³-hybridized carbons (Fsp3) is 0.412. The molecule has 2 aromatic rings. The Morgan fingerprint density at radius 1 is 1.42 bits per heavy atom. The predicted octanol–water partition coefficient (Wildman–Crippen LogP) is 1.32. The molecule has 0 spiro atoms. The average Bonchev–Trinajstić information content (AvgIpc) is 3.08. The Morgan fingerprint density at radius 2 is 2.23 bits per heavy atom. The molecular formula is C17H21ClN3O4S+. The molecular weight excluding hydrogens is 378 g/mol. The van der Waals surface area contributed by atoms with Gasteiger partial charge in [0.2, 0.25) is 5.76 Å². The number of nitrogens with zero attached hydrogens (tertiary/aromatic N) is 2. The lowest BCUT2D eigenvalue weighted by atomic mass is 10.3. The number of hydrogen-bond donors (Lipinski definition) is 1. The van der Waals surface area contributed by atoms with Crippen molar-refractivity contribution in [3.05, 3.63) is 29.2 Å². The van der Waals surface area contributed by atoms with Crippen LogP contribution in [-0.2, 0) is 14.3 Å². The number of thiazole rings is 1. The molecule has 9 heteroatoms. The summed E-state index contributed by atoms with van der Waals surface area (Å²) in [5.74, 6) is 0.524. The molecule has 1 aromatic heterocycles. The fourth-order valence-corrected chi connectivity index (χ4v) is 3.73. The molecule has 1 N–H and O–H groups in total. The highest BCUT2D eigenvalue weighted by Gasteiger charge is 2.27. The Kier molecular flexibility index (Phi) is 5.85. The maximum absolute atomic E-state index is 13.0. The van der Waals surface area contributed by atoms with Gasteiger partial charge in [-0.15, -0.1) is 0 Å². The van der Waals surface area contributed by atoms with Gasteiger partial charge in [-0.2, -0.15) is 0 Å². The summed E-state index contributed by atoms with van der Waals surface area (Å²) in [7, 11) is 5.64. The van der Waals surface area contributed by atoms with E-state index >= 15 is 0 Å². The number of aromatic nitrogens is 1. The zero-order valence-electron chi connectivity index (χ0n) is 14.9. The van der Waals surface area contributed by atoms with Crippen LogP contribution in [0, 0.1) is 0 Å². The summed E-state index contributed by atoms with van der Waals surface area (Å²) in [5.41, 5.74) is 0.643. The van der Waals surface area contributed by atoms with Gasteiger partial charge in [0, 0.05) is 0 Å². The number of benzene rings is 1. The van der Waals surface area contributed by atoms with Gasteiger partial charge in [0.25, 0.3) is 5.91 Å². The lowest BCUT2D eigenvalue weighted by Gasteiger charge is -2.23. The van der Waals surface area contributed by atoms with Crippen LogP contribution in [0.25, 0.3) is 10.2 Å². The van der Waals surface area contributed by atoms with Crippen LogP contribution in [0.15, 0.2) is 24.2 Å². The Balaban J connectivity index is 2.00. The van der Waals surface area contributed by atoms with Gasteiger partial charge in [-0.1, -0.05) is 22.9 Å². The van der Waals surface area contributed by atoms with Gasteiger partial charge < -0.3 is 19.1 Å². The van der Waals surface area contributed by atoms with Crippen LogP contribution in [0.4, 0.5) is 5.13 Å². The summed E-state index contributed by atoms with van der Waals surface area (Å²) >= 11 is 7.67. The molecule has 26 heavy (non-hydrogen) atoms. The van der Waals surface area contributed by atoms with Crippen molar-refractivity contribution < 1.29 is 23.9 Å². The first-order valence-corrected chi connectivity index (χ1v) is 9.39. The summed E-state index contributed by atoms with van der Waals surface area (Å²) in [6.45, 7) is 2.03. The van der Waals surface area contributed by atoms with Crippen LogP contribution < -0.4 is 14.5 Å². The molecule has 7 nitrogen and oxygen atoms in total. The Hall–Kier alpha value is -2.03. The highest BCUT2D eigenvalue weighted by molar-refractivity contribution is 7.23. The van der Waals surface area contributed by atoms with Gasteiger partial charge in [0.05, 0.1) is 44.0 Å². The van der Waals surface area contributed by atoms with Crippen molar-refractivity contribution in [1.29, 1.82) is 0 Å². The second-order valence-electron chi connectivity index (χ2n) is 6.04. The van der Waals surface area contributed by atoms with E-state index in [0.29, 0.717) is 41.2 Å². The van der Waals surface area contributed by atoms with Crippen molar-refractivity contribution in [3.8, 4) is 5.75 Å². The van der Waals surface area contributed by atoms with Gasteiger partial charge in [0.1, 0.15) is 30.7 Å². The Bertz CT molecular complexity index is 837. The molecule has 0 saturated carbocycles. The molecule has 0 radical (unpaired) electrons. The number of carbonyl (C=O) groups is 1. The van der Waals surface area contributed by atoms with Crippen molar-refractivity contribution in [1.82, 2.24) is 4.98 Å². The number of halogens is 1. The van der Waals surface area contributed by atoms with Crippen molar-refractivity contribution >= 4 is 44.2 Å². The minimum absolute atomic E-state index is 0.183. The topological polar surface area (TPSA) is 65.3 Å². The van der Waals surface area contributed by atoms with Crippen LogP contribution in [0.1, 0.15) is 0 Å². The number of anilines is 1. The van der Waals surface area contributed by atoms with E-state index in [1.54, 1.807) is 24.1 Å². The van der Waals surface area contributed by atoms with E-state index < -0.39 is 0 Å². The number of nitrogens with one attached hydrogen (secondary N) is 1. The van der Waals surface area contributed by atoms with Gasteiger partial charge >= 0.3 is 0 Å². The van der Waals surface area contributed by atoms with Crippen molar-refractivity contribution in [2.45, 2.75) is 0 Å². The van der Waals surface area contributed by atoms with Crippen molar-refractivity contribution in [2.24, 2.45) is 0 Å². The highest BCUT2D eigenvalue weighted by Crippen LogP contribution is 2.39. The number of hydrogen-bond acceptors (Lipinski definition) is 6. The molecule has 140 valence electrons. The summed E-state index contributed by atoms with van der Waals surface area (Å²) in [5, 5.41) is 1.12. The lowest BCUT2D eigenvalue weighted by Crippen LogP contribution is -3.06. The van der Waals surface area contributed by atoms with E-state index in [2.05, 4.69) is 4.98 Å². The van der Waals surface area contributed by atoms with Crippen LogP contribution in [0.2, 0.25) is 5.02 Å². The SMILES string of the molecule is COc1ccc(Cl)c2sc(N(CC[NH+](C)C)C(=O)C3=COCCO3)nc12. The number of quaternary nitrogens is 1. The van der Waals surface area contributed by atoms with E-state index in [0.717, 1.165) is 11.2 Å². The predicted molar refractivity (Wildman–Crippen MR) is 101 cm³/mol. The third-order valence-electron chi connectivity index (χ3n) is 3.84. The normalized spacial score (nSPS) is 14.0. The molecule has 0 atom stereocenters. The number of carbonyl (C=O) groups excluding carboxylic acids is 1. The van der Waals surface area contributed by atoms with E-state index in [-0.39, 0.29) is 11.7 Å². The van der Waals surface area contributed by atoms with Crippen LogP contribution in [0.3, 0.4) is 0 Å². The Morgan fingerprint density at radius 3 is 2.88 bits per heavy atom. The first-order chi connectivity index (χ1) is 12.5. The first-order valence-electron chi connectivity index (χ1n) is 8.19. The molecule has 0 bridgehead atoms.